The first kappa shape index (κ1) is 17.2. The van der Waals surface area contributed by atoms with E-state index in [-0.39, 0.29) is 5.41 Å². The van der Waals surface area contributed by atoms with E-state index in [1.54, 1.807) is 11.1 Å². The van der Waals surface area contributed by atoms with Gasteiger partial charge in [0.25, 0.3) is 0 Å². The molecule has 0 atom stereocenters. The summed E-state index contributed by atoms with van der Waals surface area (Å²) in [6.45, 7) is 0. The van der Waals surface area contributed by atoms with E-state index in [1.165, 1.54) is 54.6 Å². The quantitative estimate of drug-likeness (QED) is 0.447. The van der Waals surface area contributed by atoms with Crippen molar-refractivity contribution in [3.8, 4) is 11.1 Å². The van der Waals surface area contributed by atoms with Crippen LogP contribution in [0.2, 0.25) is 0 Å². The van der Waals surface area contributed by atoms with Gasteiger partial charge in [-0.2, -0.15) is 0 Å². The molecule has 0 unspecified atom stereocenters. The predicted molar refractivity (Wildman–Crippen MR) is 124 cm³/mol. The summed E-state index contributed by atoms with van der Waals surface area (Å²) in [6.07, 6.45) is 7.24. The second-order valence-electron chi connectivity index (χ2n) is 10.3. The average molecular weight is 392 g/mol. The van der Waals surface area contributed by atoms with E-state index in [9.17, 15) is 0 Å². The van der Waals surface area contributed by atoms with Crippen LogP contribution < -0.4 is 4.90 Å². The molecule has 0 aliphatic heterocycles. The zero-order chi connectivity index (χ0) is 19.9. The maximum Gasteiger partial charge on any atom is 0.0456 e. The summed E-state index contributed by atoms with van der Waals surface area (Å²) < 4.78 is 0. The summed E-state index contributed by atoms with van der Waals surface area (Å²) in [5.41, 5.74) is 9.21. The number of benzene rings is 3. The van der Waals surface area contributed by atoms with Crippen LogP contribution in [0.4, 0.5) is 11.4 Å². The maximum absolute atomic E-state index is 2.48. The Morgan fingerprint density at radius 1 is 0.667 bits per heavy atom. The molecule has 5 aliphatic carbocycles. The van der Waals surface area contributed by atoms with E-state index in [4.69, 9.17) is 0 Å². The van der Waals surface area contributed by atoms with Crippen LogP contribution in [0.25, 0.3) is 11.1 Å². The molecule has 5 aliphatic rings. The molecule has 4 bridgehead atoms. The minimum absolute atomic E-state index is 0.221. The Morgan fingerprint density at radius 2 is 1.30 bits per heavy atom. The van der Waals surface area contributed by atoms with Crippen molar-refractivity contribution < 1.29 is 0 Å². The van der Waals surface area contributed by atoms with Crippen molar-refractivity contribution in [2.24, 2.45) is 23.7 Å². The van der Waals surface area contributed by atoms with Crippen molar-refractivity contribution in [2.45, 2.75) is 37.5 Å². The summed E-state index contributed by atoms with van der Waals surface area (Å²) in [6, 6.07) is 27.4. The number of anilines is 2. The van der Waals surface area contributed by atoms with Gasteiger partial charge in [-0.25, -0.2) is 0 Å². The summed E-state index contributed by atoms with van der Waals surface area (Å²) in [4.78, 5) is 2.44. The summed E-state index contributed by atoms with van der Waals surface area (Å²) in [5, 5.41) is 0. The Kier molecular flexibility index (Phi) is 3.44. The minimum atomic E-state index is 0.221. The third kappa shape index (κ3) is 2.04. The standard InChI is InChI=1S/C29H29N/c1-30(23-8-3-2-4-9-23)27-13-7-11-25-24-10-5-6-12-26(24)29(28(25)27)21-15-19-14-20(17-21)18-22(29)16-19/h2-13,19-22H,14-18H2,1H3. The molecule has 3 aromatic carbocycles. The van der Waals surface area contributed by atoms with Gasteiger partial charge in [-0.05, 0) is 96.2 Å². The van der Waals surface area contributed by atoms with Crippen LogP contribution in [0, 0.1) is 23.7 Å². The lowest BCUT2D eigenvalue weighted by atomic mass is 9.43. The van der Waals surface area contributed by atoms with Gasteiger partial charge in [-0.1, -0.05) is 54.6 Å². The van der Waals surface area contributed by atoms with Gasteiger partial charge in [-0.3, -0.25) is 0 Å². The molecule has 0 aromatic heterocycles. The van der Waals surface area contributed by atoms with E-state index >= 15 is 0 Å². The Morgan fingerprint density at radius 3 is 2.03 bits per heavy atom. The van der Waals surface area contributed by atoms with Crippen molar-refractivity contribution in [3.05, 3.63) is 83.9 Å². The van der Waals surface area contributed by atoms with E-state index in [0.717, 1.165) is 23.7 Å². The van der Waals surface area contributed by atoms with Gasteiger partial charge in [0.1, 0.15) is 0 Å². The highest BCUT2D eigenvalue weighted by molar-refractivity contribution is 5.88. The van der Waals surface area contributed by atoms with Crippen LogP contribution in [-0.4, -0.2) is 7.05 Å². The Hall–Kier alpha value is -2.54. The predicted octanol–water partition coefficient (Wildman–Crippen LogP) is 7.18. The number of para-hydroxylation sites is 1. The van der Waals surface area contributed by atoms with Gasteiger partial charge in [0.15, 0.2) is 0 Å². The number of hydrogen-bond acceptors (Lipinski definition) is 1. The first-order chi connectivity index (χ1) is 14.8. The smallest absolute Gasteiger partial charge is 0.0456 e. The minimum Gasteiger partial charge on any atom is -0.344 e. The molecule has 4 saturated carbocycles. The van der Waals surface area contributed by atoms with Crippen LogP contribution in [0.1, 0.15) is 43.2 Å². The van der Waals surface area contributed by atoms with Crippen molar-refractivity contribution in [3.63, 3.8) is 0 Å². The highest BCUT2D eigenvalue weighted by atomic mass is 15.1. The zero-order valence-electron chi connectivity index (χ0n) is 17.7. The topological polar surface area (TPSA) is 3.24 Å². The Labute approximate surface area is 179 Å². The van der Waals surface area contributed by atoms with Gasteiger partial charge in [-0.15, -0.1) is 0 Å². The molecule has 0 N–H and O–H groups in total. The molecule has 8 rings (SSSR count). The van der Waals surface area contributed by atoms with Crippen LogP contribution in [0.3, 0.4) is 0 Å². The SMILES string of the molecule is CN(c1ccccc1)c1cccc2c1C1(c3ccccc3-2)C2CC3CC(C2)CC1C3. The number of nitrogens with zero attached hydrogens (tertiary/aromatic N) is 1. The summed E-state index contributed by atoms with van der Waals surface area (Å²) in [7, 11) is 2.26. The van der Waals surface area contributed by atoms with Crippen LogP contribution in [0.5, 0.6) is 0 Å². The molecular weight excluding hydrogens is 362 g/mol. The molecule has 0 heterocycles. The monoisotopic (exact) mass is 391 g/mol. The average Bonchev–Trinajstić information content (AvgIpc) is 3.09. The van der Waals surface area contributed by atoms with Gasteiger partial charge in [0.05, 0.1) is 0 Å². The van der Waals surface area contributed by atoms with E-state index < -0.39 is 0 Å². The first-order valence-electron chi connectivity index (χ1n) is 11.8. The normalized spacial score (nSPS) is 32.3. The summed E-state index contributed by atoms with van der Waals surface area (Å²) in [5.74, 6) is 3.57. The molecular formula is C29H29N. The molecule has 1 spiro atoms. The van der Waals surface area contributed by atoms with E-state index in [0.29, 0.717) is 0 Å². The first-order valence-corrected chi connectivity index (χ1v) is 11.8. The fraction of sp³-hybridized carbons (Fsp3) is 0.379. The Bertz CT molecular complexity index is 1100. The fourth-order valence-electron chi connectivity index (χ4n) is 8.26. The maximum atomic E-state index is 2.48. The largest absolute Gasteiger partial charge is 0.344 e. The highest BCUT2D eigenvalue weighted by Gasteiger charge is 2.62. The number of rotatable bonds is 2. The third-order valence-electron chi connectivity index (χ3n) is 9.05. The third-order valence-corrected chi connectivity index (χ3v) is 9.05. The lowest BCUT2D eigenvalue weighted by molar-refractivity contribution is -0.0397. The van der Waals surface area contributed by atoms with E-state index in [1.807, 2.05) is 0 Å². The Balaban J connectivity index is 1.51. The zero-order valence-corrected chi connectivity index (χ0v) is 17.7. The van der Waals surface area contributed by atoms with Crippen LogP contribution in [0.15, 0.2) is 72.8 Å². The van der Waals surface area contributed by atoms with Crippen LogP contribution >= 0.6 is 0 Å². The van der Waals surface area contributed by atoms with Gasteiger partial charge < -0.3 is 4.90 Å². The molecule has 30 heavy (non-hydrogen) atoms. The molecule has 150 valence electrons. The molecule has 3 aromatic rings. The molecule has 0 saturated heterocycles. The van der Waals surface area contributed by atoms with Crippen LogP contribution in [-0.2, 0) is 5.41 Å². The molecule has 4 fully saturated rings. The molecule has 0 amide bonds. The summed E-state index contributed by atoms with van der Waals surface area (Å²) >= 11 is 0. The van der Waals surface area contributed by atoms with E-state index in [2.05, 4.69) is 84.7 Å². The molecule has 1 heteroatoms. The number of fused-ring (bicyclic) bond motifs is 3. The van der Waals surface area contributed by atoms with Crippen molar-refractivity contribution in [2.75, 3.05) is 11.9 Å². The highest BCUT2D eigenvalue weighted by Crippen LogP contribution is 2.70. The fourth-order valence-corrected chi connectivity index (χ4v) is 8.26. The second-order valence-corrected chi connectivity index (χ2v) is 10.3. The van der Waals surface area contributed by atoms with Gasteiger partial charge >= 0.3 is 0 Å². The lowest BCUT2D eigenvalue weighted by Gasteiger charge is -2.61. The molecule has 0 radical (unpaired) electrons. The van der Waals surface area contributed by atoms with Crippen molar-refractivity contribution >= 4 is 11.4 Å². The second kappa shape index (κ2) is 6.00. The van der Waals surface area contributed by atoms with Crippen molar-refractivity contribution in [1.82, 2.24) is 0 Å². The number of hydrogen-bond donors (Lipinski definition) is 0. The molecule has 1 nitrogen and oxygen atoms in total. The van der Waals surface area contributed by atoms with Gasteiger partial charge in [0, 0.05) is 23.8 Å². The lowest BCUT2D eigenvalue weighted by Crippen LogP contribution is -2.55. The van der Waals surface area contributed by atoms with Gasteiger partial charge in [0.2, 0.25) is 0 Å². The van der Waals surface area contributed by atoms with Crippen molar-refractivity contribution in [1.29, 1.82) is 0 Å².